The van der Waals surface area contributed by atoms with Crippen molar-refractivity contribution in [2.75, 3.05) is 25.5 Å². The van der Waals surface area contributed by atoms with E-state index in [0.29, 0.717) is 46.1 Å². The number of aromatic nitrogens is 1. The minimum atomic E-state index is -0.179. The molecule has 0 aliphatic heterocycles. The number of hydrogen-bond donors (Lipinski definition) is 2. The molecule has 0 atom stereocenters. The van der Waals surface area contributed by atoms with Crippen LogP contribution in [-0.4, -0.2) is 31.1 Å². The Morgan fingerprint density at radius 2 is 2.16 bits per heavy atom. The zero-order chi connectivity index (χ0) is 18.2. The normalized spacial score (nSPS) is 10.0. The lowest BCUT2D eigenvalue weighted by molar-refractivity contribution is 0.0952. The highest BCUT2D eigenvalue weighted by Gasteiger charge is 2.10. The second-order valence-corrected chi connectivity index (χ2v) is 6.28. The molecule has 1 aromatic heterocycles. The number of carbonyl (C=O) groups excluding carboxylic acids is 1. The van der Waals surface area contributed by atoms with Crippen molar-refractivity contribution in [2.45, 2.75) is 6.42 Å². The summed E-state index contributed by atoms with van der Waals surface area (Å²) >= 11 is 9.19. The van der Waals surface area contributed by atoms with Gasteiger partial charge in [-0.05, 0) is 52.7 Å². The molecule has 2 rings (SSSR count). The van der Waals surface area contributed by atoms with Gasteiger partial charge in [-0.3, -0.25) is 4.79 Å². The number of methoxy groups -OCH3 is 1. The maximum atomic E-state index is 12.2. The smallest absolute Gasteiger partial charge is 0.252 e. The van der Waals surface area contributed by atoms with Crippen molar-refractivity contribution < 1.29 is 9.53 Å². The van der Waals surface area contributed by atoms with Gasteiger partial charge in [0, 0.05) is 17.6 Å². The van der Waals surface area contributed by atoms with Gasteiger partial charge in [0.2, 0.25) is 0 Å². The molecular weight excluding hydrogens is 408 g/mol. The summed E-state index contributed by atoms with van der Waals surface area (Å²) in [5, 5.41) is 15.2. The predicted octanol–water partition coefficient (Wildman–Crippen LogP) is 3.61. The molecule has 0 spiro atoms. The van der Waals surface area contributed by atoms with Crippen LogP contribution in [0.3, 0.4) is 0 Å². The standard InChI is InChI=1S/C17H16BrClN4O2/c1-25-11-3-4-13(18)12(9-11)17(24)22-8-2-7-21-16-6-5-14(19)15(10-20)23-16/h3-6,9H,2,7-8H2,1H3,(H,21,23)(H,22,24). The molecule has 0 fully saturated rings. The average Bonchev–Trinajstić information content (AvgIpc) is 2.63. The molecule has 1 heterocycles. The highest BCUT2D eigenvalue weighted by atomic mass is 79.9. The number of anilines is 1. The van der Waals surface area contributed by atoms with E-state index in [1.807, 2.05) is 6.07 Å². The molecule has 130 valence electrons. The summed E-state index contributed by atoms with van der Waals surface area (Å²) in [7, 11) is 1.55. The Labute approximate surface area is 159 Å². The number of ether oxygens (including phenoxy) is 1. The number of pyridine rings is 1. The molecule has 1 amide bonds. The molecule has 25 heavy (non-hydrogen) atoms. The fourth-order valence-electron chi connectivity index (χ4n) is 2.03. The second kappa shape index (κ2) is 9.25. The van der Waals surface area contributed by atoms with Crippen molar-refractivity contribution >= 4 is 39.3 Å². The van der Waals surface area contributed by atoms with Gasteiger partial charge in [0.05, 0.1) is 17.7 Å². The summed E-state index contributed by atoms with van der Waals surface area (Å²) in [6, 6.07) is 10.5. The molecule has 6 nitrogen and oxygen atoms in total. The first-order valence-electron chi connectivity index (χ1n) is 7.47. The van der Waals surface area contributed by atoms with Gasteiger partial charge >= 0.3 is 0 Å². The SMILES string of the molecule is COc1ccc(Br)c(C(=O)NCCCNc2ccc(Cl)c(C#N)n2)c1. The Hall–Kier alpha value is -2.30. The summed E-state index contributed by atoms with van der Waals surface area (Å²) in [5.41, 5.74) is 0.702. The number of nitriles is 1. The van der Waals surface area contributed by atoms with Crippen LogP contribution >= 0.6 is 27.5 Å². The third-order valence-electron chi connectivity index (χ3n) is 3.32. The van der Waals surface area contributed by atoms with Gasteiger partial charge in [0.15, 0.2) is 5.69 Å². The lowest BCUT2D eigenvalue weighted by Crippen LogP contribution is -2.26. The van der Waals surface area contributed by atoms with Gasteiger partial charge in [-0.25, -0.2) is 4.98 Å². The van der Waals surface area contributed by atoms with Gasteiger partial charge in [-0.2, -0.15) is 5.26 Å². The van der Waals surface area contributed by atoms with E-state index < -0.39 is 0 Å². The Morgan fingerprint density at radius 1 is 1.36 bits per heavy atom. The van der Waals surface area contributed by atoms with Crippen molar-refractivity contribution in [1.29, 1.82) is 5.26 Å². The summed E-state index contributed by atoms with van der Waals surface area (Å²) in [6.07, 6.45) is 0.694. The quantitative estimate of drug-likeness (QED) is 0.664. The minimum absolute atomic E-state index is 0.179. The monoisotopic (exact) mass is 422 g/mol. The topological polar surface area (TPSA) is 87.0 Å². The average molecular weight is 424 g/mol. The number of halogens is 2. The van der Waals surface area contributed by atoms with Crippen LogP contribution in [0, 0.1) is 11.3 Å². The largest absolute Gasteiger partial charge is 0.497 e. The molecule has 0 aliphatic carbocycles. The van der Waals surface area contributed by atoms with E-state index in [2.05, 4.69) is 31.5 Å². The molecular formula is C17H16BrClN4O2. The number of rotatable bonds is 7. The lowest BCUT2D eigenvalue weighted by atomic mass is 10.2. The highest BCUT2D eigenvalue weighted by molar-refractivity contribution is 9.10. The number of carbonyl (C=O) groups is 1. The van der Waals surface area contributed by atoms with Crippen molar-refractivity contribution in [3.05, 3.63) is 51.1 Å². The third kappa shape index (κ3) is 5.34. The molecule has 0 aliphatic rings. The van der Waals surface area contributed by atoms with Crippen LogP contribution in [0.5, 0.6) is 5.75 Å². The van der Waals surface area contributed by atoms with Gasteiger partial charge in [-0.1, -0.05) is 11.6 Å². The summed E-state index contributed by atoms with van der Waals surface area (Å²) < 4.78 is 5.84. The third-order valence-corrected chi connectivity index (χ3v) is 4.31. The fraction of sp³-hybridized carbons (Fsp3) is 0.235. The van der Waals surface area contributed by atoms with Crippen molar-refractivity contribution in [1.82, 2.24) is 10.3 Å². The van der Waals surface area contributed by atoms with Crippen LogP contribution in [0.4, 0.5) is 5.82 Å². The van der Waals surface area contributed by atoms with E-state index in [4.69, 9.17) is 21.6 Å². The molecule has 0 saturated carbocycles. The van der Waals surface area contributed by atoms with Crippen LogP contribution in [0.2, 0.25) is 5.02 Å². The molecule has 2 aromatic rings. The van der Waals surface area contributed by atoms with Gasteiger partial charge in [0.25, 0.3) is 5.91 Å². The van der Waals surface area contributed by atoms with Crippen molar-refractivity contribution in [3.63, 3.8) is 0 Å². The van der Waals surface area contributed by atoms with Gasteiger partial charge in [0.1, 0.15) is 17.6 Å². The van der Waals surface area contributed by atoms with Crippen LogP contribution < -0.4 is 15.4 Å². The molecule has 0 saturated heterocycles. The van der Waals surface area contributed by atoms with Crippen molar-refractivity contribution in [2.24, 2.45) is 0 Å². The Balaban J connectivity index is 1.80. The first-order valence-corrected chi connectivity index (χ1v) is 8.64. The maximum Gasteiger partial charge on any atom is 0.252 e. The summed E-state index contributed by atoms with van der Waals surface area (Å²) in [6.45, 7) is 1.09. The van der Waals surface area contributed by atoms with E-state index in [0.717, 1.165) is 0 Å². The molecule has 2 N–H and O–H groups in total. The van der Waals surface area contributed by atoms with Crippen LogP contribution in [-0.2, 0) is 0 Å². The van der Waals surface area contributed by atoms with Crippen LogP contribution in [0.15, 0.2) is 34.8 Å². The predicted molar refractivity (Wildman–Crippen MR) is 100 cm³/mol. The Kier molecular flexibility index (Phi) is 7.04. The Morgan fingerprint density at radius 3 is 2.88 bits per heavy atom. The fourth-order valence-corrected chi connectivity index (χ4v) is 2.60. The zero-order valence-corrected chi connectivity index (χ0v) is 15.8. The minimum Gasteiger partial charge on any atom is -0.497 e. The van der Waals surface area contributed by atoms with E-state index in [-0.39, 0.29) is 11.6 Å². The first-order chi connectivity index (χ1) is 12.0. The van der Waals surface area contributed by atoms with E-state index in [9.17, 15) is 4.79 Å². The van der Waals surface area contributed by atoms with Crippen molar-refractivity contribution in [3.8, 4) is 11.8 Å². The van der Waals surface area contributed by atoms with Crippen LogP contribution in [0.1, 0.15) is 22.5 Å². The molecule has 0 radical (unpaired) electrons. The molecule has 0 bridgehead atoms. The highest BCUT2D eigenvalue weighted by Crippen LogP contribution is 2.22. The zero-order valence-electron chi connectivity index (χ0n) is 13.5. The van der Waals surface area contributed by atoms with Gasteiger partial charge in [-0.15, -0.1) is 0 Å². The molecule has 1 aromatic carbocycles. The summed E-state index contributed by atoms with van der Waals surface area (Å²) in [4.78, 5) is 16.3. The molecule has 8 heteroatoms. The van der Waals surface area contributed by atoms with Gasteiger partial charge < -0.3 is 15.4 Å². The maximum absolute atomic E-state index is 12.2. The first kappa shape index (κ1) is 19.0. The number of nitrogens with zero attached hydrogens (tertiary/aromatic N) is 2. The lowest BCUT2D eigenvalue weighted by Gasteiger charge is -2.09. The Bertz CT molecular complexity index is 808. The second-order valence-electron chi connectivity index (χ2n) is 5.02. The number of benzene rings is 1. The summed E-state index contributed by atoms with van der Waals surface area (Å²) in [5.74, 6) is 1.02. The number of nitrogens with one attached hydrogen (secondary N) is 2. The van der Waals surface area contributed by atoms with E-state index >= 15 is 0 Å². The van der Waals surface area contributed by atoms with E-state index in [1.165, 1.54) is 0 Å². The van der Waals surface area contributed by atoms with Crippen LogP contribution in [0.25, 0.3) is 0 Å². The number of amides is 1. The van der Waals surface area contributed by atoms with E-state index in [1.54, 1.807) is 37.4 Å². The molecule has 0 unspecified atom stereocenters. The number of hydrogen-bond acceptors (Lipinski definition) is 5.